The molecule has 0 saturated heterocycles. The largest absolute Gasteiger partial charge is 0.370 e. The third kappa shape index (κ3) is 4.32. The third-order valence-corrected chi connectivity index (χ3v) is 1.07. The maximum atomic E-state index is 10.5. The second-order valence-electron chi connectivity index (χ2n) is 2.02. The first-order valence-corrected chi connectivity index (χ1v) is 3.27. The second kappa shape index (κ2) is 4.68. The summed E-state index contributed by atoms with van der Waals surface area (Å²) in [6.07, 6.45) is -1.03. The van der Waals surface area contributed by atoms with Gasteiger partial charge in [-0.1, -0.05) is 0 Å². The third-order valence-electron chi connectivity index (χ3n) is 1.07. The molecule has 5 heteroatoms. The summed E-state index contributed by atoms with van der Waals surface area (Å²) in [6.45, 7) is 2.04. The summed E-state index contributed by atoms with van der Waals surface area (Å²) in [7, 11) is 0. The topological polar surface area (TPSA) is 95.4 Å². The highest BCUT2D eigenvalue weighted by molar-refractivity contribution is 5.85. The molecular weight excluding hydrogens is 148 g/mol. The molecule has 0 aliphatic heterocycles. The van der Waals surface area contributed by atoms with Crippen molar-refractivity contribution in [3.8, 4) is 0 Å². The van der Waals surface area contributed by atoms with Gasteiger partial charge in [0.2, 0.25) is 11.8 Å². The smallest absolute Gasteiger partial charge is 0.247 e. The second-order valence-corrected chi connectivity index (χ2v) is 2.02. The molecule has 0 aromatic carbocycles. The van der Waals surface area contributed by atoms with Gasteiger partial charge in [-0.3, -0.25) is 9.59 Å². The molecule has 0 aromatic rings. The average Bonchev–Trinajstić information content (AvgIpc) is 1.86. The fourth-order valence-electron chi connectivity index (χ4n) is 0.626. The lowest BCUT2D eigenvalue weighted by Gasteiger charge is -2.09. The fraction of sp³-hybridized carbons (Fsp3) is 0.667. The molecule has 0 fully saturated rings. The van der Waals surface area contributed by atoms with E-state index in [0.717, 1.165) is 0 Å². The van der Waals surface area contributed by atoms with Crippen LogP contribution >= 0.6 is 0 Å². The molecule has 0 rings (SSSR count). The quantitative estimate of drug-likeness (QED) is 0.526. The predicted molar refractivity (Wildman–Crippen MR) is 38.4 cm³/mol. The van der Waals surface area contributed by atoms with Crippen LogP contribution in [0.25, 0.3) is 0 Å². The average molecular weight is 160 g/mol. The minimum Gasteiger partial charge on any atom is -0.370 e. The number of primary amides is 2. The number of amides is 2. The number of carbonyl (C=O) groups excluding carboxylic acids is 2. The highest BCUT2D eigenvalue weighted by Gasteiger charge is 2.17. The van der Waals surface area contributed by atoms with Crippen LogP contribution in [-0.4, -0.2) is 24.5 Å². The van der Waals surface area contributed by atoms with Crippen molar-refractivity contribution in [1.29, 1.82) is 0 Å². The van der Waals surface area contributed by atoms with Gasteiger partial charge in [-0.25, -0.2) is 0 Å². The van der Waals surface area contributed by atoms with Crippen molar-refractivity contribution in [1.82, 2.24) is 0 Å². The van der Waals surface area contributed by atoms with E-state index >= 15 is 0 Å². The van der Waals surface area contributed by atoms with Gasteiger partial charge in [-0.05, 0) is 6.92 Å². The lowest BCUT2D eigenvalue weighted by Crippen LogP contribution is -2.35. The maximum absolute atomic E-state index is 10.5. The van der Waals surface area contributed by atoms with Crippen LogP contribution in [0.4, 0.5) is 0 Å². The number of hydrogen-bond donors (Lipinski definition) is 2. The Morgan fingerprint density at radius 2 is 2.00 bits per heavy atom. The summed E-state index contributed by atoms with van der Waals surface area (Å²) in [5.41, 5.74) is 9.73. The Morgan fingerprint density at radius 3 is 2.27 bits per heavy atom. The van der Waals surface area contributed by atoms with E-state index in [1.165, 1.54) is 0 Å². The summed E-state index contributed by atoms with van der Waals surface area (Å²) in [6, 6.07) is 0. The molecule has 0 spiro atoms. The van der Waals surface area contributed by atoms with Gasteiger partial charge in [0.25, 0.3) is 0 Å². The number of carbonyl (C=O) groups is 2. The highest BCUT2D eigenvalue weighted by Crippen LogP contribution is 1.95. The molecule has 0 radical (unpaired) electrons. The van der Waals surface area contributed by atoms with Gasteiger partial charge >= 0.3 is 0 Å². The Hall–Kier alpha value is -1.10. The molecule has 4 N–H and O–H groups in total. The van der Waals surface area contributed by atoms with Crippen LogP contribution in [0, 0.1) is 0 Å². The first-order valence-electron chi connectivity index (χ1n) is 3.27. The lowest BCUT2D eigenvalue weighted by molar-refractivity contribution is -0.134. The lowest BCUT2D eigenvalue weighted by atomic mass is 10.2. The standard InChI is InChI=1S/C6H12N2O3/c1-2-11-4(6(8)10)3-5(7)9/h4H,2-3H2,1H3,(H2,7,9)(H2,8,10). The normalized spacial score (nSPS) is 12.5. The molecule has 0 bridgehead atoms. The van der Waals surface area contributed by atoms with Crippen molar-refractivity contribution in [3.05, 3.63) is 0 Å². The molecule has 5 nitrogen and oxygen atoms in total. The Balaban J connectivity index is 3.89. The Bertz CT molecular complexity index is 158. The van der Waals surface area contributed by atoms with Gasteiger partial charge < -0.3 is 16.2 Å². The van der Waals surface area contributed by atoms with E-state index in [2.05, 4.69) is 0 Å². The summed E-state index contributed by atoms with van der Waals surface area (Å²) < 4.78 is 4.84. The molecule has 1 atom stereocenters. The van der Waals surface area contributed by atoms with Crippen LogP contribution in [0.15, 0.2) is 0 Å². The molecule has 0 saturated carbocycles. The minimum absolute atomic E-state index is 0.150. The first kappa shape index (κ1) is 9.90. The van der Waals surface area contributed by atoms with Gasteiger partial charge in [0.15, 0.2) is 0 Å². The van der Waals surface area contributed by atoms with Crippen LogP contribution in [0.1, 0.15) is 13.3 Å². The summed E-state index contributed by atoms with van der Waals surface area (Å²) in [5.74, 6) is -1.26. The zero-order valence-electron chi connectivity index (χ0n) is 6.37. The van der Waals surface area contributed by atoms with Gasteiger partial charge in [0.1, 0.15) is 6.10 Å². The van der Waals surface area contributed by atoms with Crippen LogP contribution in [-0.2, 0) is 14.3 Å². The number of hydrogen-bond acceptors (Lipinski definition) is 3. The van der Waals surface area contributed by atoms with Gasteiger partial charge in [0, 0.05) is 6.61 Å². The highest BCUT2D eigenvalue weighted by atomic mass is 16.5. The summed E-state index contributed by atoms with van der Waals surface area (Å²) >= 11 is 0. The van der Waals surface area contributed by atoms with Crippen LogP contribution in [0.2, 0.25) is 0 Å². The van der Waals surface area contributed by atoms with Crippen molar-refractivity contribution in [3.63, 3.8) is 0 Å². The summed E-state index contributed by atoms with van der Waals surface area (Å²) in [5, 5.41) is 0. The zero-order valence-corrected chi connectivity index (χ0v) is 6.37. The number of rotatable bonds is 5. The molecule has 0 aromatic heterocycles. The monoisotopic (exact) mass is 160 g/mol. The Labute approximate surface area is 64.7 Å². The van der Waals surface area contributed by atoms with Gasteiger partial charge in [-0.15, -0.1) is 0 Å². The first-order chi connectivity index (χ1) is 5.07. The summed E-state index contributed by atoms with van der Waals surface area (Å²) in [4.78, 5) is 20.8. The van der Waals surface area contributed by atoms with Crippen LogP contribution in [0.5, 0.6) is 0 Å². The van der Waals surface area contributed by atoms with Crippen molar-refractivity contribution in [2.75, 3.05) is 6.61 Å². The van der Waals surface area contributed by atoms with Crippen LogP contribution in [0.3, 0.4) is 0 Å². The van der Waals surface area contributed by atoms with E-state index < -0.39 is 17.9 Å². The molecule has 1 unspecified atom stereocenters. The molecular formula is C6H12N2O3. The van der Waals surface area contributed by atoms with Crippen molar-refractivity contribution < 1.29 is 14.3 Å². The Kier molecular flexibility index (Phi) is 4.21. The fourth-order valence-corrected chi connectivity index (χ4v) is 0.626. The molecule has 0 aliphatic carbocycles. The molecule has 0 aliphatic rings. The van der Waals surface area contributed by atoms with Crippen LogP contribution < -0.4 is 11.5 Å². The molecule has 64 valence electrons. The zero-order chi connectivity index (χ0) is 8.85. The Morgan fingerprint density at radius 1 is 1.45 bits per heavy atom. The van der Waals surface area contributed by atoms with E-state index in [-0.39, 0.29) is 6.42 Å². The maximum Gasteiger partial charge on any atom is 0.247 e. The van der Waals surface area contributed by atoms with E-state index in [4.69, 9.17) is 16.2 Å². The number of ether oxygens (including phenoxy) is 1. The SMILES string of the molecule is CCOC(CC(N)=O)C(N)=O. The van der Waals surface area contributed by atoms with E-state index in [0.29, 0.717) is 6.61 Å². The van der Waals surface area contributed by atoms with Crippen molar-refractivity contribution >= 4 is 11.8 Å². The van der Waals surface area contributed by atoms with E-state index in [1.54, 1.807) is 6.92 Å². The molecule has 0 heterocycles. The molecule has 11 heavy (non-hydrogen) atoms. The van der Waals surface area contributed by atoms with E-state index in [1.807, 2.05) is 0 Å². The van der Waals surface area contributed by atoms with Crippen molar-refractivity contribution in [2.45, 2.75) is 19.4 Å². The van der Waals surface area contributed by atoms with Gasteiger partial charge in [0.05, 0.1) is 6.42 Å². The van der Waals surface area contributed by atoms with E-state index in [9.17, 15) is 9.59 Å². The molecule has 2 amide bonds. The van der Waals surface area contributed by atoms with Crippen molar-refractivity contribution in [2.24, 2.45) is 11.5 Å². The minimum atomic E-state index is -0.877. The van der Waals surface area contributed by atoms with Gasteiger partial charge in [-0.2, -0.15) is 0 Å². The predicted octanol–water partition coefficient (Wildman–Crippen LogP) is -1.25. The number of nitrogens with two attached hydrogens (primary N) is 2.